The van der Waals surface area contributed by atoms with Crippen LogP contribution < -0.4 is 0 Å². The molecule has 0 atom stereocenters. The van der Waals surface area contributed by atoms with Gasteiger partial charge >= 0.3 is 0 Å². The van der Waals surface area contributed by atoms with Crippen LogP contribution in [0.15, 0.2) is 61.9 Å². The maximum atomic E-state index is 12.2. The summed E-state index contributed by atoms with van der Waals surface area (Å²) in [6.45, 7) is 3.14. The van der Waals surface area contributed by atoms with Crippen molar-refractivity contribution in [3.05, 3.63) is 52.6 Å². The highest BCUT2D eigenvalue weighted by molar-refractivity contribution is 7.90. The third-order valence-electron chi connectivity index (χ3n) is 2.88. The molecule has 0 N–H and O–H groups in total. The number of sulfonamides is 1. The van der Waals surface area contributed by atoms with Crippen molar-refractivity contribution in [2.24, 2.45) is 4.40 Å². The first-order valence-corrected chi connectivity index (χ1v) is 7.64. The number of nitrogens with zero attached hydrogens (tertiary/aromatic N) is 1. The second-order valence-corrected chi connectivity index (χ2v) is 6.34. The summed E-state index contributed by atoms with van der Waals surface area (Å²) in [6, 6.07) is 7.88. The zero-order valence-electron chi connectivity index (χ0n) is 10.9. The van der Waals surface area contributed by atoms with E-state index in [1.165, 1.54) is 18.2 Å². The third kappa shape index (κ3) is 2.73. The molecule has 0 heterocycles. The summed E-state index contributed by atoms with van der Waals surface area (Å²) < 4.78 is 28.1. The van der Waals surface area contributed by atoms with E-state index in [9.17, 15) is 13.2 Å². The van der Waals surface area contributed by atoms with E-state index in [1.54, 1.807) is 32.0 Å². The monoisotopic (exact) mass is 309 g/mol. The van der Waals surface area contributed by atoms with Crippen molar-refractivity contribution in [3.8, 4) is 0 Å². The number of hydrogen-bond acceptors (Lipinski definition) is 3. The van der Waals surface area contributed by atoms with Crippen molar-refractivity contribution >= 4 is 33.1 Å². The van der Waals surface area contributed by atoms with Crippen LogP contribution in [0.25, 0.3) is 0 Å². The Bertz CT molecular complexity index is 759. The zero-order chi connectivity index (χ0) is 14.9. The van der Waals surface area contributed by atoms with Crippen molar-refractivity contribution in [2.75, 3.05) is 0 Å². The summed E-state index contributed by atoms with van der Waals surface area (Å²) in [4.78, 5) is 11.8. The summed E-state index contributed by atoms with van der Waals surface area (Å²) >= 11 is 5.90. The SMILES string of the molecule is CC1=C/C(=N\S(=O)(=O)c2ccccc2)C(C)=C(Cl)C1=O. The maximum absolute atomic E-state index is 12.2. The van der Waals surface area contributed by atoms with E-state index < -0.39 is 10.0 Å². The van der Waals surface area contributed by atoms with Gasteiger partial charge in [0.25, 0.3) is 10.0 Å². The number of halogens is 1. The highest BCUT2D eigenvalue weighted by Gasteiger charge is 2.23. The minimum absolute atomic E-state index is 0.00649. The lowest BCUT2D eigenvalue weighted by atomic mass is 9.99. The lowest BCUT2D eigenvalue weighted by Crippen LogP contribution is -2.15. The molecule has 0 saturated heterocycles. The van der Waals surface area contributed by atoms with Crippen molar-refractivity contribution in [2.45, 2.75) is 18.7 Å². The van der Waals surface area contributed by atoms with Gasteiger partial charge in [0.2, 0.25) is 0 Å². The van der Waals surface area contributed by atoms with E-state index in [0.29, 0.717) is 11.1 Å². The number of allylic oxidation sites excluding steroid dienone is 4. The number of carbonyl (C=O) groups excluding carboxylic acids is 1. The number of carbonyl (C=O) groups is 1. The number of Topliss-reactive ketones (excluding diaryl/α,β-unsaturated/α-hetero) is 1. The first-order chi connectivity index (χ1) is 9.33. The molecule has 0 fully saturated rings. The molecule has 0 amide bonds. The molecular weight excluding hydrogens is 298 g/mol. The van der Waals surface area contributed by atoms with Crippen LogP contribution in [0.3, 0.4) is 0 Å². The molecule has 104 valence electrons. The number of hydrogen-bond donors (Lipinski definition) is 0. The molecule has 0 aliphatic heterocycles. The Kier molecular flexibility index (Phi) is 3.92. The lowest BCUT2D eigenvalue weighted by Gasteiger charge is -2.12. The highest BCUT2D eigenvalue weighted by Crippen LogP contribution is 2.24. The molecule has 0 radical (unpaired) electrons. The predicted octanol–water partition coefficient (Wildman–Crippen LogP) is 2.86. The fourth-order valence-corrected chi connectivity index (χ4v) is 3.01. The molecule has 0 aromatic heterocycles. The summed E-state index contributed by atoms with van der Waals surface area (Å²) in [6.07, 6.45) is 1.43. The summed E-state index contributed by atoms with van der Waals surface area (Å²) in [5.41, 5.74) is 0.917. The Morgan fingerprint density at radius 1 is 1.10 bits per heavy atom. The largest absolute Gasteiger partial charge is 0.288 e. The first-order valence-electron chi connectivity index (χ1n) is 5.82. The van der Waals surface area contributed by atoms with E-state index in [2.05, 4.69) is 4.40 Å². The Hall–Kier alpha value is -1.72. The predicted molar refractivity (Wildman–Crippen MR) is 78.4 cm³/mol. The minimum Gasteiger partial charge on any atom is -0.288 e. The van der Waals surface area contributed by atoms with Crippen molar-refractivity contribution in [3.63, 3.8) is 0 Å². The van der Waals surface area contributed by atoms with Gasteiger partial charge in [-0.1, -0.05) is 29.8 Å². The molecular formula is C14H12ClNO3S. The zero-order valence-corrected chi connectivity index (χ0v) is 12.5. The van der Waals surface area contributed by atoms with Gasteiger partial charge in [0.15, 0.2) is 5.78 Å². The van der Waals surface area contributed by atoms with E-state index in [-0.39, 0.29) is 21.4 Å². The van der Waals surface area contributed by atoms with E-state index >= 15 is 0 Å². The van der Waals surface area contributed by atoms with Crippen LogP contribution >= 0.6 is 11.6 Å². The number of ketones is 1. The molecule has 6 heteroatoms. The molecule has 1 aliphatic rings. The van der Waals surface area contributed by atoms with Gasteiger partial charge in [-0.15, -0.1) is 0 Å². The van der Waals surface area contributed by atoms with E-state index in [4.69, 9.17) is 11.6 Å². The second-order valence-electron chi connectivity index (χ2n) is 4.36. The van der Waals surface area contributed by atoms with Crippen LogP contribution in [-0.2, 0) is 14.8 Å². The molecule has 2 rings (SSSR count). The molecule has 0 saturated carbocycles. The molecule has 1 aromatic carbocycles. The molecule has 0 unspecified atom stereocenters. The highest BCUT2D eigenvalue weighted by atomic mass is 35.5. The summed E-state index contributed by atoms with van der Waals surface area (Å²) in [5, 5.41) is 0.00649. The minimum atomic E-state index is -3.82. The van der Waals surface area contributed by atoms with E-state index in [0.717, 1.165) is 0 Å². The number of benzene rings is 1. The van der Waals surface area contributed by atoms with Crippen molar-refractivity contribution in [1.82, 2.24) is 0 Å². The summed E-state index contributed by atoms with van der Waals surface area (Å²) in [5.74, 6) is -0.305. The van der Waals surface area contributed by atoms with Gasteiger partial charge in [-0.25, -0.2) is 0 Å². The topological polar surface area (TPSA) is 63.6 Å². The smallest absolute Gasteiger partial charge is 0.282 e. The van der Waals surface area contributed by atoms with Crippen LogP contribution in [0.1, 0.15) is 13.8 Å². The Morgan fingerprint density at radius 2 is 1.70 bits per heavy atom. The van der Waals surface area contributed by atoms with Crippen LogP contribution in [0, 0.1) is 0 Å². The molecule has 0 spiro atoms. The fraction of sp³-hybridized carbons (Fsp3) is 0.143. The van der Waals surface area contributed by atoms with Gasteiger partial charge in [0.05, 0.1) is 15.6 Å². The van der Waals surface area contributed by atoms with Gasteiger partial charge in [0.1, 0.15) is 0 Å². The molecule has 1 aliphatic carbocycles. The lowest BCUT2D eigenvalue weighted by molar-refractivity contribution is -0.111. The average molecular weight is 310 g/mol. The third-order valence-corrected chi connectivity index (χ3v) is 4.64. The fourth-order valence-electron chi connectivity index (χ4n) is 1.70. The normalized spacial score (nSPS) is 18.4. The van der Waals surface area contributed by atoms with Gasteiger partial charge in [-0.3, -0.25) is 4.79 Å². The van der Waals surface area contributed by atoms with Gasteiger partial charge in [-0.2, -0.15) is 12.8 Å². The Morgan fingerprint density at radius 3 is 2.30 bits per heavy atom. The molecule has 4 nitrogen and oxygen atoms in total. The van der Waals surface area contributed by atoms with Gasteiger partial charge < -0.3 is 0 Å². The van der Waals surface area contributed by atoms with Crippen LogP contribution in [-0.4, -0.2) is 19.9 Å². The van der Waals surface area contributed by atoms with Crippen LogP contribution in [0.2, 0.25) is 0 Å². The number of rotatable bonds is 2. The molecule has 1 aromatic rings. The Labute approximate surface area is 122 Å². The van der Waals surface area contributed by atoms with E-state index in [1.807, 2.05) is 0 Å². The standard InChI is InChI=1S/C14H12ClNO3S/c1-9-8-12(10(2)13(15)14(9)17)16-20(18,19)11-6-4-3-5-7-11/h3-8H,1-2H3/b16-12+. The maximum Gasteiger partial charge on any atom is 0.282 e. The van der Waals surface area contributed by atoms with Crippen molar-refractivity contribution < 1.29 is 13.2 Å². The summed E-state index contributed by atoms with van der Waals surface area (Å²) in [7, 11) is -3.82. The first kappa shape index (κ1) is 14.7. The quantitative estimate of drug-likeness (QED) is 0.789. The molecule has 20 heavy (non-hydrogen) atoms. The van der Waals surface area contributed by atoms with Gasteiger partial charge in [0, 0.05) is 5.57 Å². The van der Waals surface area contributed by atoms with Crippen LogP contribution in [0.5, 0.6) is 0 Å². The molecule has 0 bridgehead atoms. The van der Waals surface area contributed by atoms with Crippen LogP contribution in [0.4, 0.5) is 0 Å². The second kappa shape index (κ2) is 5.34. The van der Waals surface area contributed by atoms with Crippen molar-refractivity contribution in [1.29, 1.82) is 0 Å². The average Bonchev–Trinajstić information content (AvgIpc) is 2.43. The Balaban J connectivity index is 2.54. The van der Waals surface area contributed by atoms with Gasteiger partial charge in [-0.05, 0) is 37.6 Å².